The highest BCUT2D eigenvalue weighted by molar-refractivity contribution is 4.81. The van der Waals surface area contributed by atoms with Crippen LogP contribution >= 0.6 is 0 Å². The van der Waals surface area contributed by atoms with Crippen molar-refractivity contribution in [2.75, 3.05) is 0 Å². The van der Waals surface area contributed by atoms with Gasteiger partial charge in [-0.15, -0.1) is 0 Å². The molecule has 0 aliphatic carbocycles. The highest BCUT2D eigenvalue weighted by atomic mass is 14.4. The molecule has 0 amide bonds. The van der Waals surface area contributed by atoms with Crippen molar-refractivity contribution in [3.63, 3.8) is 0 Å². The third-order valence-corrected chi connectivity index (χ3v) is 5.84. The molecule has 0 aliphatic heterocycles. The van der Waals surface area contributed by atoms with Crippen molar-refractivity contribution in [1.82, 2.24) is 0 Å². The van der Waals surface area contributed by atoms with Crippen LogP contribution < -0.4 is 0 Å². The predicted molar refractivity (Wildman–Crippen MR) is 89.4 cm³/mol. The van der Waals surface area contributed by atoms with Crippen molar-refractivity contribution in [2.24, 2.45) is 35.5 Å². The standard InChI is InChI=1S/C19H40/c1-9-13-17(10-2)19(12-4)18(11-3)16(8)15(7)14(5)6/h14-19H,9-13H2,1-8H3. The van der Waals surface area contributed by atoms with Gasteiger partial charge in [0.15, 0.2) is 0 Å². The van der Waals surface area contributed by atoms with Gasteiger partial charge in [-0.25, -0.2) is 0 Å². The molecule has 19 heavy (non-hydrogen) atoms. The lowest BCUT2D eigenvalue weighted by atomic mass is 9.66. The van der Waals surface area contributed by atoms with Gasteiger partial charge in [-0.3, -0.25) is 0 Å². The summed E-state index contributed by atoms with van der Waals surface area (Å²) in [5.74, 6) is 5.32. The first-order valence-electron chi connectivity index (χ1n) is 8.94. The number of hydrogen-bond acceptors (Lipinski definition) is 0. The van der Waals surface area contributed by atoms with Crippen LogP contribution in [-0.2, 0) is 0 Å². The Balaban J connectivity index is 4.94. The minimum Gasteiger partial charge on any atom is -0.0654 e. The molecule has 116 valence electrons. The summed E-state index contributed by atoms with van der Waals surface area (Å²) in [5, 5.41) is 0. The molecule has 5 unspecified atom stereocenters. The third kappa shape index (κ3) is 5.48. The van der Waals surface area contributed by atoms with Crippen LogP contribution in [0.1, 0.15) is 87.5 Å². The minimum absolute atomic E-state index is 0.813. The fourth-order valence-electron chi connectivity index (χ4n) is 4.14. The summed E-state index contributed by atoms with van der Waals surface area (Å²) in [7, 11) is 0. The highest BCUT2D eigenvalue weighted by Gasteiger charge is 2.32. The summed E-state index contributed by atoms with van der Waals surface area (Å²) in [6, 6.07) is 0. The summed E-state index contributed by atoms with van der Waals surface area (Å²) in [6.45, 7) is 19.3. The Kier molecular flexibility index (Phi) is 9.83. The zero-order valence-electron chi connectivity index (χ0n) is 15.0. The Labute approximate surface area is 123 Å². The number of rotatable bonds is 10. The average Bonchev–Trinajstić information content (AvgIpc) is 2.40. The van der Waals surface area contributed by atoms with E-state index in [-0.39, 0.29) is 0 Å². The molecule has 0 bridgehead atoms. The van der Waals surface area contributed by atoms with Gasteiger partial charge in [0.05, 0.1) is 0 Å². The molecule has 0 heterocycles. The average molecular weight is 269 g/mol. The lowest BCUT2D eigenvalue weighted by Crippen LogP contribution is -2.32. The van der Waals surface area contributed by atoms with Crippen LogP contribution in [0.15, 0.2) is 0 Å². The van der Waals surface area contributed by atoms with Gasteiger partial charge in [-0.05, 0) is 35.5 Å². The van der Waals surface area contributed by atoms with Crippen LogP contribution in [0, 0.1) is 35.5 Å². The second kappa shape index (κ2) is 9.83. The molecule has 0 radical (unpaired) electrons. The van der Waals surface area contributed by atoms with Crippen LogP contribution in [0.25, 0.3) is 0 Å². The van der Waals surface area contributed by atoms with E-state index in [1.165, 1.54) is 32.1 Å². The van der Waals surface area contributed by atoms with Gasteiger partial charge in [-0.1, -0.05) is 87.5 Å². The van der Waals surface area contributed by atoms with Crippen LogP contribution in [0.4, 0.5) is 0 Å². The summed E-state index contributed by atoms with van der Waals surface area (Å²) >= 11 is 0. The van der Waals surface area contributed by atoms with E-state index in [1.54, 1.807) is 0 Å². The van der Waals surface area contributed by atoms with Crippen molar-refractivity contribution >= 4 is 0 Å². The lowest BCUT2D eigenvalue weighted by molar-refractivity contribution is 0.100. The molecule has 0 nitrogen and oxygen atoms in total. The molecule has 0 aromatic rings. The molecule has 0 aliphatic rings. The van der Waals surface area contributed by atoms with Crippen molar-refractivity contribution in [3.05, 3.63) is 0 Å². The van der Waals surface area contributed by atoms with Crippen LogP contribution in [0.2, 0.25) is 0 Å². The first-order chi connectivity index (χ1) is 8.94. The zero-order valence-corrected chi connectivity index (χ0v) is 15.0. The van der Waals surface area contributed by atoms with Crippen molar-refractivity contribution in [2.45, 2.75) is 87.5 Å². The Morgan fingerprint density at radius 2 is 1.16 bits per heavy atom. The molecule has 0 heteroatoms. The van der Waals surface area contributed by atoms with Crippen molar-refractivity contribution in [1.29, 1.82) is 0 Å². The van der Waals surface area contributed by atoms with Gasteiger partial charge in [-0.2, -0.15) is 0 Å². The van der Waals surface area contributed by atoms with Crippen molar-refractivity contribution < 1.29 is 0 Å². The maximum absolute atomic E-state index is 2.51. The Hall–Kier alpha value is 0. The zero-order chi connectivity index (χ0) is 15.0. The molecule has 0 aromatic carbocycles. The summed E-state index contributed by atoms with van der Waals surface area (Å²) in [4.78, 5) is 0. The summed E-state index contributed by atoms with van der Waals surface area (Å²) in [6.07, 6.45) is 6.86. The highest BCUT2D eigenvalue weighted by Crippen LogP contribution is 2.40. The van der Waals surface area contributed by atoms with Crippen LogP contribution in [0.5, 0.6) is 0 Å². The van der Waals surface area contributed by atoms with E-state index in [9.17, 15) is 0 Å². The van der Waals surface area contributed by atoms with Gasteiger partial charge in [0.2, 0.25) is 0 Å². The second-order valence-electron chi connectivity index (χ2n) is 7.06. The van der Waals surface area contributed by atoms with Gasteiger partial charge in [0, 0.05) is 0 Å². The molecule has 5 atom stereocenters. The lowest BCUT2D eigenvalue weighted by Gasteiger charge is -2.39. The van der Waals surface area contributed by atoms with E-state index in [0.29, 0.717) is 0 Å². The quantitative estimate of drug-likeness (QED) is 0.409. The molecular formula is C19H40. The monoisotopic (exact) mass is 268 g/mol. The van der Waals surface area contributed by atoms with E-state index in [2.05, 4.69) is 55.4 Å². The molecule has 0 spiro atoms. The Bertz CT molecular complexity index is 206. The van der Waals surface area contributed by atoms with E-state index < -0.39 is 0 Å². The van der Waals surface area contributed by atoms with E-state index in [1.807, 2.05) is 0 Å². The Morgan fingerprint density at radius 1 is 0.632 bits per heavy atom. The summed E-state index contributed by atoms with van der Waals surface area (Å²) in [5.41, 5.74) is 0. The predicted octanol–water partition coefficient (Wildman–Crippen LogP) is 6.79. The Morgan fingerprint density at radius 3 is 1.47 bits per heavy atom. The van der Waals surface area contributed by atoms with E-state index >= 15 is 0 Å². The van der Waals surface area contributed by atoms with Gasteiger partial charge < -0.3 is 0 Å². The van der Waals surface area contributed by atoms with E-state index in [4.69, 9.17) is 0 Å². The van der Waals surface area contributed by atoms with Crippen LogP contribution in [-0.4, -0.2) is 0 Å². The molecule has 0 aromatic heterocycles. The minimum atomic E-state index is 0.813. The van der Waals surface area contributed by atoms with Gasteiger partial charge in [0.25, 0.3) is 0 Å². The fourth-order valence-corrected chi connectivity index (χ4v) is 4.14. The molecule has 0 N–H and O–H groups in total. The van der Waals surface area contributed by atoms with Crippen molar-refractivity contribution in [3.8, 4) is 0 Å². The second-order valence-corrected chi connectivity index (χ2v) is 7.06. The molecule has 0 saturated heterocycles. The summed E-state index contributed by atoms with van der Waals surface area (Å²) < 4.78 is 0. The fraction of sp³-hybridized carbons (Fsp3) is 1.00. The van der Waals surface area contributed by atoms with Crippen LogP contribution in [0.3, 0.4) is 0 Å². The maximum Gasteiger partial charge on any atom is -0.0357 e. The number of hydrogen-bond donors (Lipinski definition) is 0. The SMILES string of the molecule is CCCC(CC)C(CC)C(CC)C(C)C(C)C(C)C. The molecule has 0 rings (SSSR count). The molecular weight excluding hydrogens is 228 g/mol. The van der Waals surface area contributed by atoms with E-state index in [0.717, 1.165) is 35.5 Å². The maximum atomic E-state index is 2.51. The normalized spacial score (nSPS) is 20.1. The molecule has 0 fully saturated rings. The molecule has 0 saturated carbocycles. The smallest absolute Gasteiger partial charge is 0.0357 e. The van der Waals surface area contributed by atoms with Gasteiger partial charge in [0.1, 0.15) is 0 Å². The first kappa shape index (κ1) is 19.0. The topological polar surface area (TPSA) is 0 Å². The first-order valence-corrected chi connectivity index (χ1v) is 8.94. The van der Waals surface area contributed by atoms with Gasteiger partial charge >= 0.3 is 0 Å². The largest absolute Gasteiger partial charge is 0.0654 e. The third-order valence-electron chi connectivity index (χ3n) is 5.84.